The summed E-state index contributed by atoms with van der Waals surface area (Å²) >= 11 is 0. The van der Waals surface area contributed by atoms with Gasteiger partial charge in [-0.25, -0.2) is 8.42 Å². The SMILES string of the molecule is CCc1ccc(CN=C2NS(=O)(=O)C(c3ccc(C(C)C)cc3)=C2C)cc1. The van der Waals surface area contributed by atoms with Gasteiger partial charge in [0, 0.05) is 5.57 Å². The van der Waals surface area contributed by atoms with Gasteiger partial charge in [-0.05, 0) is 41.5 Å². The molecule has 0 saturated heterocycles. The van der Waals surface area contributed by atoms with Crippen LogP contribution in [-0.2, 0) is 23.0 Å². The van der Waals surface area contributed by atoms with Crippen LogP contribution in [0, 0.1) is 0 Å². The molecule has 0 aromatic heterocycles. The molecule has 0 amide bonds. The molecule has 0 fully saturated rings. The van der Waals surface area contributed by atoms with Crippen LogP contribution in [0.4, 0.5) is 0 Å². The van der Waals surface area contributed by atoms with E-state index in [1.54, 1.807) is 0 Å². The number of benzene rings is 2. The molecule has 27 heavy (non-hydrogen) atoms. The van der Waals surface area contributed by atoms with Gasteiger partial charge in [-0.2, -0.15) is 0 Å². The van der Waals surface area contributed by atoms with Gasteiger partial charge >= 0.3 is 0 Å². The minimum absolute atomic E-state index is 0.317. The van der Waals surface area contributed by atoms with E-state index in [1.165, 1.54) is 11.1 Å². The first-order valence-corrected chi connectivity index (χ1v) is 10.8. The Morgan fingerprint density at radius 2 is 1.56 bits per heavy atom. The quantitative estimate of drug-likeness (QED) is 0.819. The smallest absolute Gasteiger partial charge is 0.263 e. The number of aliphatic imine (C=N–C) groups is 1. The van der Waals surface area contributed by atoms with Gasteiger partial charge < -0.3 is 0 Å². The number of nitrogens with one attached hydrogen (secondary N) is 1. The summed E-state index contributed by atoms with van der Waals surface area (Å²) in [6.45, 7) is 8.60. The summed E-state index contributed by atoms with van der Waals surface area (Å²) in [7, 11) is -3.59. The highest BCUT2D eigenvalue weighted by molar-refractivity contribution is 8.00. The molecule has 5 heteroatoms. The molecule has 1 aliphatic rings. The molecule has 1 aliphatic heterocycles. The van der Waals surface area contributed by atoms with Crippen LogP contribution in [-0.4, -0.2) is 14.3 Å². The molecular weight excluding hydrogens is 356 g/mol. The monoisotopic (exact) mass is 382 g/mol. The van der Waals surface area contributed by atoms with E-state index in [1.807, 2.05) is 43.3 Å². The molecule has 2 aromatic rings. The molecule has 0 radical (unpaired) electrons. The predicted octanol–water partition coefficient (Wildman–Crippen LogP) is 4.64. The van der Waals surface area contributed by atoms with E-state index in [0.717, 1.165) is 12.0 Å². The van der Waals surface area contributed by atoms with Gasteiger partial charge in [-0.1, -0.05) is 69.3 Å². The van der Waals surface area contributed by atoms with Gasteiger partial charge in [-0.3, -0.25) is 9.71 Å². The Balaban J connectivity index is 1.89. The van der Waals surface area contributed by atoms with Crippen molar-refractivity contribution in [2.24, 2.45) is 4.99 Å². The summed E-state index contributed by atoms with van der Waals surface area (Å²) in [6.07, 6.45) is 0.995. The van der Waals surface area contributed by atoms with Crippen molar-refractivity contribution in [1.82, 2.24) is 4.72 Å². The molecule has 0 bridgehead atoms. The van der Waals surface area contributed by atoms with Crippen molar-refractivity contribution >= 4 is 20.8 Å². The van der Waals surface area contributed by atoms with E-state index < -0.39 is 10.0 Å². The molecule has 2 aromatic carbocycles. The van der Waals surface area contributed by atoms with Crippen LogP contribution < -0.4 is 4.72 Å². The molecule has 1 N–H and O–H groups in total. The largest absolute Gasteiger partial charge is 0.264 e. The maximum Gasteiger partial charge on any atom is 0.264 e. The molecule has 0 aliphatic carbocycles. The molecule has 3 rings (SSSR count). The Kier molecular flexibility index (Phi) is 5.51. The van der Waals surface area contributed by atoms with E-state index in [9.17, 15) is 8.42 Å². The zero-order valence-electron chi connectivity index (χ0n) is 16.3. The average Bonchev–Trinajstić information content (AvgIpc) is 2.88. The van der Waals surface area contributed by atoms with Gasteiger partial charge in [0.05, 0.1) is 6.54 Å². The third-order valence-electron chi connectivity index (χ3n) is 4.89. The Hall–Kier alpha value is -2.40. The molecule has 0 unspecified atom stereocenters. The normalized spacial score (nSPS) is 17.6. The van der Waals surface area contributed by atoms with E-state index in [-0.39, 0.29) is 0 Å². The first kappa shape index (κ1) is 19.4. The van der Waals surface area contributed by atoms with Crippen LogP contribution >= 0.6 is 0 Å². The molecule has 0 saturated carbocycles. The summed E-state index contributed by atoms with van der Waals surface area (Å²) in [5.41, 5.74) is 4.88. The van der Waals surface area contributed by atoms with Gasteiger partial charge in [0.2, 0.25) is 0 Å². The van der Waals surface area contributed by atoms with Crippen LogP contribution in [0.15, 0.2) is 59.1 Å². The zero-order valence-corrected chi connectivity index (χ0v) is 17.1. The third kappa shape index (κ3) is 4.14. The third-order valence-corrected chi connectivity index (χ3v) is 6.43. The first-order chi connectivity index (χ1) is 12.8. The minimum Gasteiger partial charge on any atom is -0.263 e. The molecule has 142 valence electrons. The minimum atomic E-state index is -3.59. The average molecular weight is 383 g/mol. The lowest BCUT2D eigenvalue weighted by Gasteiger charge is -2.07. The fourth-order valence-electron chi connectivity index (χ4n) is 3.16. The fourth-order valence-corrected chi connectivity index (χ4v) is 4.68. The number of amidine groups is 1. The summed E-state index contributed by atoms with van der Waals surface area (Å²) in [5.74, 6) is 0.834. The Bertz CT molecular complexity index is 984. The number of rotatable bonds is 5. The van der Waals surface area contributed by atoms with Crippen molar-refractivity contribution in [3.63, 3.8) is 0 Å². The Morgan fingerprint density at radius 1 is 0.963 bits per heavy atom. The van der Waals surface area contributed by atoms with Crippen molar-refractivity contribution in [1.29, 1.82) is 0 Å². The van der Waals surface area contributed by atoms with E-state index in [0.29, 0.717) is 34.3 Å². The standard InChI is InChI=1S/C22H26N2O2S/c1-5-17-6-8-18(9-7-17)14-23-22-16(4)21(27(25,26)24-22)20-12-10-19(11-13-20)15(2)3/h6-13,15H,5,14H2,1-4H3,(H,23,24). The Labute approximate surface area is 162 Å². The number of hydrogen-bond acceptors (Lipinski definition) is 3. The lowest BCUT2D eigenvalue weighted by atomic mass is 10.0. The highest BCUT2D eigenvalue weighted by Crippen LogP contribution is 2.30. The van der Waals surface area contributed by atoms with Crippen LogP contribution in [0.3, 0.4) is 0 Å². The highest BCUT2D eigenvalue weighted by Gasteiger charge is 2.32. The van der Waals surface area contributed by atoms with Crippen LogP contribution in [0.2, 0.25) is 0 Å². The predicted molar refractivity (Wildman–Crippen MR) is 112 cm³/mol. The molecule has 0 spiro atoms. The fraction of sp³-hybridized carbons (Fsp3) is 0.318. The van der Waals surface area contributed by atoms with Gasteiger partial charge in [-0.15, -0.1) is 0 Å². The highest BCUT2D eigenvalue weighted by atomic mass is 32.2. The van der Waals surface area contributed by atoms with Crippen LogP contribution in [0.25, 0.3) is 4.91 Å². The number of nitrogens with zero attached hydrogens (tertiary/aromatic N) is 1. The van der Waals surface area contributed by atoms with E-state index >= 15 is 0 Å². The van der Waals surface area contributed by atoms with Gasteiger partial charge in [0.25, 0.3) is 10.0 Å². The number of aryl methyl sites for hydroxylation is 1. The maximum absolute atomic E-state index is 12.6. The van der Waals surface area contributed by atoms with E-state index in [4.69, 9.17) is 0 Å². The van der Waals surface area contributed by atoms with Gasteiger partial charge in [0.15, 0.2) is 0 Å². The van der Waals surface area contributed by atoms with Crippen molar-refractivity contribution in [3.8, 4) is 0 Å². The van der Waals surface area contributed by atoms with Crippen LogP contribution in [0.5, 0.6) is 0 Å². The second kappa shape index (κ2) is 7.69. The van der Waals surface area contributed by atoms with Crippen molar-refractivity contribution in [2.45, 2.75) is 46.6 Å². The number of sulfonamides is 1. The molecule has 4 nitrogen and oxygen atoms in total. The summed E-state index contributed by atoms with van der Waals surface area (Å²) in [4.78, 5) is 4.83. The summed E-state index contributed by atoms with van der Waals surface area (Å²) in [5, 5.41) is 0. The maximum atomic E-state index is 12.6. The Morgan fingerprint density at radius 3 is 2.11 bits per heavy atom. The number of hydrogen-bond donors (Lipinski definition) is 1. The van der Waals surface area contributed by atoms with Gasteiger partial charge in [0.1, 0.15) is 10.7 Å². The second-order valence-corrected chi connectivity index (χ2v) is 8.79. The molecule has 1 heterocycles. The van der Waals surface area contributed by atoms with Crippen molar-refractivity contribution < 1.29 is 8.42 Å². The summed E-state index contributed by atoms with van der Waals surface area (Å²) < 4.78 is 27.9. The second-order valence-electron chi connectivity index (χ2n) is 7.17. The zero-order chi connectivity index (χ0) is 19.6. The molecular formula is C22H26N2O2S. The topological polar surface area (TPSA) is 58.5 Å². The molecule has 0 atom stereocenters. The summed E-state index contributed by atoms with van der Waals surface area (Å²) in [6, 6.07) is 16.0. The van der Waals surface area contributed by atoms with Crippen LogP contribution in [0.1, 0.15) is 55.9 Å². The van der Waals surface area contributed by atoms with E-state index in [2.05, 4.69) is 42.6 Å². The lowest BCUT2D eigenvalue weighted by Crippen LogP contribution is -2.23. The van der Waals surface area contributed by atoms with Crippen molar-refractivity contribution in [2.75, 3.05) is 0 Å². The lowest BCUT2D eigenvalue weighted by molar-refractivity contribution is 0.603. The van der Waals surface area contributed by atoms with Crippen molar-refractivity contribution in [3.05, 3.63) is 76.4 Å². The first-order valence-electron chi connectivity index (χ1n) is 9.28.